The van der Waals surface area contributed by atoms with Crippen LogP contribution >= 0.6 is 0 Å². The van der Waals surface area contributed by atoms with Crippen LogP contribution in [-0.4, -0.2) is 73.2 Å². The highest BCUT2D eigenvalue weighted by atomic mass is 32.2. The minimum Gasteiger partial charge on any atom is -0.360 e. The van der Waals surface area contributed by atoms with Gasteiger partial charge in [0.2, 0.25) is 10.0 Å². The van der Waals surface area contributed by atoms with Gasteiger partial charge in [0.05, 0.1) is 5.75 Å². The van der Waals surface area contributed by atoms with Gasteiger partial charge in [-0.05, 0) is 71.0 Å². The van der Waals surface area contributed by atoms with Gasteiger partial charge < -0.3 is 14.7 Å². The third-order valence-corrected chi connectivity index (χ3v) is 8.94. The smallest absolute Gasteiger partial charge is 0.273 e. The number of carbonyl (C=O) groups excluding carboxylic acids is 1. The highest BCUT2D eigenvalue weighted by Crippen LogP contribution is 2.40. The van der Waals surface area contributed by atoms with Crippen molar-refractivity contribution < 1.29 is 17.7 Å². The van der Waals surface area contributed by atoms with Crippen molar-refractivity contribution in [2.24, 2.45) is 5.92 Å². The maximum atomic E-state index is 13.1. The molecule has 30 heavy (non-hydrogen) atoms. The number of rotatable bonds is 7. The van der Waals surface area contributed by atoms with E-state index in [0.29, 0.717) is 31.0 Å². The molecule has 0 aromatic carbocycles. The predicted molar refractivity (Wildman–Crippen MR) is 114 cm³/mol. The second-order valence-corrected chi connectivity index (χ2v) is 11.2. The molecule has 1 N–H and O–H groups in total. The van der Waals surface area contributed by atoms with Crippen LogP contribution in [0.5, 0.6) is 0 Å². The van der Waals surface area contributed by atoms with Gasteiger partial charge >= 0.3 is 0 Å². The second kappa shape index (κ2) is 8.96. The summed E-state index contributed by atoms with van der Waals surface area (Å²) < 4.78 is 33.2. The molecule has 3 heterocycles. The van der Waals surface area contributed by atoms with E-state index in [1.54, 1.807) is 10.4 Å². The summed E-state index contributed by atoms with van der Waals surface area (Å²) in [7, 11) is -1.20. The van der Waals surface area contributed by atoms with Crippen LogP contribution in [0.3, 0.4) is 0 Å². The highest BCUT2D eigenvalue weighted by molar-refractivity contribution is 7.89. The topological polar surface area (TPSA) is 95.7 Å². The molecule has 1 saturated carbocycles. The Morgan fingerprint density at radius 2 is 1.93 bits per heavy atom. The molecular formula is C21H34N4O4S. The van der Waals surface area contributed by atoms with Crippen LogP contribution in [0.2, 0.25) is 0 Å². The molecule has 0 radical (unpaired) electrons. The number of likely N-dealkylation sites (tertiary alicyclic amines) is 1. The summed E-state index contributed by atoms with van der Waals surface area (Å²) in [6.45, 7) is 4.42. The van der Waals surface area contributed by atoms with Crippen molar-refractivity contribution in [3.63, 3.8) is 0 Å². The van der Waals surface area contributed by atoms with Gasteiger partial charge in [-0.3, -0.25) is 4.79 Å². The van der Waals surface area contributed by atoms with E-state index in [1.807, 2.05) is 6.92 Å². The molecule has 2 saturated heterocycles. The second-order valence-electron chi connectivity index (χ2n) is 9.28. The fourth-order valence-corrected chi connectivity index (χ4v) is 6.93. The molecule has 3 fully saturated rings. The lowest BCUT2D eigenvalue weighted by molar-refractivity contribution is 0.0901. The van der Waals surface area contributed by atoms with E-state index >= 15 is 0 Å². The Morgan fingerprint density at radius 3 is 2.60 bits per heavy atom. The Balaban J connectivity index is 1.33. The number of aromatic nitrogens is 1. The first-order chi connectivity index (χ1) is 14.4. The normalized spacial score (nSPS) is 27.3. The summed E-state index contributed by atoms with van der Waals surface area (Å²) in [4.78, 5) is 14.8. The summed E-state index contributed by atoms with van der Waals surface area (Å²) in [6, 6.07) is 1.63. The van der Waals surface area contributed by atoms with Crippen molar-refractivity contribution in [1.29, 1.82) is 0 Å². The van der Waals surface area contributed by atoms with E-state index in [1.165, 1.54) is 0 Å². The van der Waals surface area contributed by atoms with Crippen LogP contribution in [0.15, 0.2) is 10.6 Å². The zero-order valence-corrected chi connectivity index (χ0v) is 18.9. The monoisotopic (exact) mass is 438 g/mol. The largest absolute Gasteiger partial charge is 0.360 e. The third kappa shape index (κ3) is 5.06. The SMILES string of the molecule is CC[C@H]1C[C@@H](NC(=O)c2cc(C3CC3)on2)CCN1S(=O)(=O)CC1CCN(C)CC1. The molecule has 3 aliphatic rings. The molecule has 8 nitrogen and oxygen atoms in total. The van der Waals surface area contributed by atoms with Gasteiger partial charge in [0.25, 0.3) is 5.91 Å². The van der Waals surface area contributed by atoms with Crippen LogP contribution in [0.4, 0.5) is 0 Å². The Kier molecular flexibility index (Phi) is 6.50. The molecule has 0 spiro atoms. The summed E-state index contributed by atoms with van der Waals surface area (Å²) >= 11 is 0. The molecular weight excluding hydrogens is 404 g/mol. The lowest BCUT2D eigenvalue weighted by Crippen LogP contribution is -2.53. The summed E-state index contributed by atoms with van der Waals surface area (Å²) in [5.41, 5.74) is 0.322. The van der Waals surface area contributed by atoms with Crippen molar-refractivity contribution in [1.82, 2.24) is 19.7 Å². The van der Waals surface area contributed by atoms with Crippen LogP contribution < -0.4 is 5.32 Å². The number of sulfonamides is 1. The standard InChI is InChI=1S/C21H34N4O4S/c1-3-18-12-17(22-21(26)19-13-20(29-23-19)16-4-5-16)8-11-25(18)30(27,28)14-15-6-9-24(2)10-7-15/h13,15-18H,3-12,14H2,1-2H3,(H,22,26)/t17-,18-/m0/s1. The number of nitrogens with one attached hydrogen (secondary N) is 1. The number of carbonyl (C=O) groups is 1. The average Bonchev–Trinajstić information content (AvgIpc) is 3.45. The van der Waals surface area contributed by atoms with Crippen LogP contribution in [0.1, 0.15) is 74.0 Å². The number of piperidine rings is 2. The molecule has 1 aromatic rings. The molecule has 0 bridgehead atoms. The van der Waals surface area contributed by atoms with E-state index in [4.69, 9.17) is 4.52 Å². The first-order valence-electron chi connectivity index (χ1n) is 11.3. The van der Waals surface area contributed by atoms with Crippen LogP contribution in [0.25, 0.3) is 0 Å². The third-order valence-electron chi connectivity index (χ3n) is 6.85. The van der Waals surface area contributed by atoms with Crippen molar-refractivity contribution >= 4 is 15.9 Å². The zero-order chi connectivity index (χ0) is 21.3. The van der Waals surface area contributed by atoms with Gasteiger partial charge in [-0.15, -0.1) is 0 Å². The summed E-state index contributed by atoms with van der Waals surface area (Å²) in [5.74, 6) is 1.47. The lowest BCUT2D eigenvalue weighted by atomic mass is 9.97. The molecule has 2 atom stereocenters. The fraction of sp³-hybridized carbons (Fsp3) is 0.810. The molecule has 1 amide bonds. The molecule has 4 rings (SSSR count). The Labute approximate surface area is 179 Å². The number of nitrogens with zero attached hydrogens (tertiary/aromatic N) is 3. The van der Waals surface area contributed by atoms with Crippen LogP contribution in [0, 0.1) is 5.92 Å². The maximum absolute atomic E-state index is 13.1. The lowest BCUT2D eigenvalue weighted by Gasteiger charge is -2.39. The molecule has 1 aromatic heterocycles. The summed E-state index contributed by atoms with van der Waals surface area (Å²) in [6.07, 6.45) is 6.09. The number of amides is 1. The minimum atomic E-state index is -3.29. The van der Waals surface area contributed by atoms with Gasteiger partial charge in [-0.2, -0.15) is 4.31 Å². The number of hydrogen-bond donors (Lipinski definition) is 1. The maximum Gasteiger partial charge on any atom is 0.273 e. The van der Waals surface area contributed by atoms with Gasteiger partial charge in [-0.25, -0.2) is 8.42 Å². The van der Waals surface area contributed by atoms with Crippen molar-refractivity contribution in [3.05, 3.63) is 17.5 Å². The van der Waals surface area contributed by atoms with Gasteiger partial charge in [0.1, 0.15) is 5.76 Å². The molecule has 1 aliphatic carbocycles. The minimum absolute atomic E-state index is 0.0432. The quantitative estimate of drug-likeness (QED) is 0.701. The van der Waals surface area contributed by atoms with Crippen LogP contribution in [-0.2, 0) is 10.0 Å². The van der Waals surface area contributed by atoms with Gasteiger partial charge in [0.15, 0.2) is 5.69 Å². The Bertz CT molecular complexity index is 843. The van der Waals surface area contributed by atoms with Crippen molar-refractivity contribution in [2.45, 2.75) is 69.9 Å². The van der Waals surface area contributed by atoms with Crippen molar-refractivity contribution in [3.8, 4) is 0 Å². The fourth-order valence-electron chi connectivity index (χ4n) is 4.74. The van der Waals surface area contributed by atoms with E-state index in [2.05, 4.69) is 22.4 Å². The van der Waals surface area contributed by atoms with Crippen molar-refractivity contribution in [2.75, 3.05) is 32.4 Å². The highest BCUT2D eigenvalue weighted by Gasteiger charge is 2.37. The molecule has 9 heteroatoms. The number of hydrogen-bond acceptors (Lipinski definition) is 6. The van der Waals surface area contributed by atoms with E-state index in [-0.39, 0.29) is 29.7 Å². The van der Waals surface area contributed by atoms with Gasteiger partial charge in [0, 0.05) is 30.6 Å². The Morgan fingerprint density at radius 1 is 1.20 bits per heavy atom. The molecule has 2 aliphatic heterocycles. The first kappa shape index (κ1) is 21.8. The zero-order valence-electron chi connectivity index (χ0n) is 18.0. The summed E-state index contributed by atoms with van der Waals surface area (Å²) in [5, 5.41) is 6.95. The van der Waals surface area contributed by atoms with E-state index in [9.17, 15) is 13.2 Å². The van der Waals surface area contributed by atoms with Gasteiger partial charge in [-0.1, -0.05) is 12.1 Å². The predicted octanol–water partition coefficient (Wildman–Crippen LogP) is 2.20. The average molecular weight is 439 g/mol. The van der Waals surface area contributed by atoms with E-state index < -0.39 is 10.0 Å². The molecule has 0 unspecified atom stereocenters. The Hall–Kier alpha value is -1.45. The first-order valence-corrected chi connectivity index (χ1v) is 12.9. The molecule has 168 valence electrons. The van der Waals surface area contributed by atoms with E-state index in [0.717, 1.165) is 51.0 Å².